The van der Waals surface area contributed by atoms with E-state index >= 15 is 0 Å². The molecule has 0 amide bonds. The molecule has 0 radical (unpaired) electrons. The Morgan fingerprint density at radius 2 is 1.92 bits per heavy atom. The Bertz CT molecular complexity index is 233. The van der Waals surface area contributed by atoms with E-state index in [9.17, 15) is 0 Å². The molecular formula is C12H16. The zero-order valence-electron chi connectivity index (χ0n) is 7.66. The average Bonchev–Trinajstić information content (AvgIpc) is 2.88. The predicted molar refractivity (Wildman–Crippen MR) is 52.0 cm³/mol. The van der Waals surface area contributed by atoms with Crippen LogP contribution >= 0.6 is 0 Å². The Balaban J connectivity index is 1.94. The lowest BCUT2D eigenvalue weighted by Gasteiger charge is -2.08. The van der Waals surface area contributed by atoms with Gasteiger partial charge in [-0.05, 0) is 36.7 Å². The standard InChI is InChI=1S/C12H16/c1-10(12-7-8-12)9-11-5-3-2-4-6-11/h2-6,10,12H,7-9H2,1H3. The van der Waals surface area contributed by atoms with Gasteiger partial charge < -0.3 is 0 Å². The van der Waals surface area contributed by atoms with E-state index in [0.717, 1.165) is 11.8 Å². The molecule has 0 saturated heterocycles. The van der Waals surface area contributed by atoms with Crippen LogP contribution in [0.25, 0.3) is 0 Å². The second kappa shape index (κ2) is 3.30. The van der Waals surface area contributed by atoms with Crippen LogP contribution in [0.4, 0.5) is 0 Å². The highest BCUT2D eigenvalue weighted by molar-refractivity contribution is 5.15. The number of hydrogen-bond donors (Lipinski definition) is 0. The van der Waals surface area contributed by atoms with E-state index in [1.165, 1.54) is 24.8 Å². The molecule has 0 aliphatic heterocycles. The molecule has 0 heteroatoms. The van der Waals surface area contributed by atoms with E-state index in [4.69, 9.17) is 0 Å². The molecule has 1 aliphatic carbocycles. The number of rotatable bonds is 3. The Labute approximate surface area is 74.6 Å². The van der Waals surface area contributed by atoms with Crippen molar-refractivity contribution in [3.05, 3.63) is 35.9 Å². The van der Waals surface area contributed by atoms with Crippen LogP contribution in [0.1, 0.15) is 25.3 Å². The maximum absolute atomic E-state index is 2.38. The molecular weight excluding hydrogens is 144 g/mol. The monoisotopic (exact) mass is 160 g/mol. The third-order valence-electron chi connectivity index (χ3n) is 2.83. The van der Waals surface area contributed by atoms with Gasteiger partial charge in [0.05, 0.1) is 0 Å². The largest absolute Gasteiger partial charge is 0.0622 e. The van der Waals surface area contributed by atoms with E-state index < -0.39 is 0 Å². The van der Waals surface area contributed by atoms with Crippen molar-refractivity contribution in [1.29, 1.82) is 0 Å². The van der Waals surface area contributed by atoms with Gasteiger partial charge in [-0.3, -0.25) is 0 Å². The lowest BCUT2D eigenvalue weighted by Crippen LogP contribution is -2.01. The van der Waals surface area contributed by atoms with Crippen LogP contribution in [0.3, 0.4) is 0 Å². The number of hydrogen-bond acceptors (Lipinski definition) is 0. The van der Waals surface area contributed by atoms with Gasteiger partial charge in [0.2, 0.25) is 0 Å². The minimum atomic E-state index is 0.896. The van der Waals surface area contributed by atoms with Gasteiger partial charge in [0, 0.05) is 0 Å². The summed E-state index contributed by atoms with van der Waals surface area (Å²) in [6.45, 7) is 2.38. The maximum atomic E-state index is 2.38. The molecule has 1 aromatic carbocycles. The summed E-state index contributed by atoms with van der Waals surface area (Å²) in [6.07, 6.45) is 4.20. The van der Waals surface area contributed by atoms with Crippen LogP contribution in [0.15, 0.2) is 30.3 Å². The molecule has 2 rings (SSSR count). The molecule has 1 fully saturated rings. The lowest BCUT2D eigenvalue weighted by molar-refractivity contribution is 0.507. The Morgan fingerprint density at radius 1 is 1.25 bits per heavy atom. The molecule has 12 heavy (non-hydrogen) atoms. The topological polar surface area (TPSA) is 0 Å². The highest BCUT2D eigenvalue weighted by Gasteiger charge is 2.27. The summed E-state index contributed by atoms with van der Waals surface area (Å²) in [7, 11) is 0. The average molecular weight is 160 g/mol. The summed E-state index contributed by atoms with van der Waals surface area (Å²) >= 11 is 0. The molecule has 1 atom stereocenters. The van der Waals surface area contributed by atoms with Crippen LogP contribution in [0.2, 0.25) is 0 Å². The highest BCUT2D eigenvalue weighted by Crippen LogP contribution is 2.37. The quantitative estimate of drug-likeness (QED) is 0.636. The second-order valence-electron chi connectivity index (χ2n) is 4.00. The van der Waals surface area contributed by atoms with Gasteiger partial charge in [-0.15, -0.1) is 0 Å². The van der Waals surface area contributed by atoms with Crippen molar-refractivity contribution < 1.29 is 0 Å². The fourth-order valence-corrected chi connectivity index (χ4v) is 1.82. The van der Waals surface area contributed by atoms with Crippen LogP contribution in [-0.4, -0.2) is 0 Å². The van der Waals surface area contributed by atoms with Gasteiger partial charge >= 0.3 is 0 Å². The highest BCUT2D eigenvalue weighted by atomic mass is 14.3. The fourth-order valence-electron chi connectivity index (χ4n) is 1.82. The van der Waals surface area contributed by atoms with Crippen LogP contribution in [-0.2, 0) is 6.42 Å². The summed E-state index contributed by atoms with van der Waals surface area (Å²) in [6, 6.07) is 10.8. The van der Waals surface area contributed by atoms with Crippen molar-refractivity contribution in [2.75, 3.05) is 0 Å². The summed E-state index contributed by atoms with van der Waals surface area (Å²) < 4.78 is 0. The summed E-state index contributed by atoms with van der Waals surface area (Å²) in [5, 5.41) is 0. The van der Waals surface area contributed by atoms with Gasteiger partial charge in [-0.25, -0.2) is 0 Å². The molecule has 0 nitrogen and oxygen atoms in total. The second-order valence-corrected chi connectivity index (χ2v) is 4.00. The first-order valence-corrected chi connectivity index (χ1v) is 4.90. The first kappa shape index (κ1) is 7.85. The van der Waals surface area contributed by atoms with Gasteiger partial charge in [0.25, 0.3) is 0 Å². The summed E-state index contributed by atoms with van der Waals surface area (Å²) in [5.74, 6) is 1.93. The molecule has 0 N–H and O–H groups in total. The van der Waals surface area contributed by atoms with Crippen LogP contribution in [0, 0.1) is 11.8 Å². The summed E-state index contributed by atoms with van der Waals surface area (Å²) in [4.78, 5) is 0. The summed E-state index contributed by atoms with van der Waals surface area (Å²) in [5.41, 5.74) is 1.50. The Hall–Kier alpha value is -0.780. The zero-order valence-corrected chi connectivity index (χ0v) is 7.66. The third-order valence-corrected chi connectivity index (χ3v) is 2.83. The van der Waals surface area contributed by atoms with Crippen LogP contribution < -0.4 is 0 Å². The van der Waals surface area contributed by atoms with Crippen molar-refractivity contribution in [3.8, 4) is 0 Å². The van der Waals surface area contributed by atoms with E-state index in [-0.39, 0.29) is 0 Å². The van der Waals surface area contributed by atoms with Gasteiger partial charge in [0.15, 0.2) is 0 Å². The molecule has 1 aliphatic rings. The first-order chi connectivity index (χ1) is 5.86. The zero-order chi connectivity index (χ0) is 8.39. The molecule has 1 unspecified atom stereocenters. The fraction of sp³-hybridized carbons (Fsp3) is 0.500. The van der Waals surface area contributed by atoms with Crippen molar-refractivity contribution in [1.82, 2.24) is 0 Å². The maximum Gasteiger partial charge on any atom is -0.0250 e. The van der Waals surface area contributed by atoms with Crippen LogP contribution in [0.5, 0.6) is 0 Å². The van der Waals surface area contributed by atoms with E-state index in [2.05, 4.69) is 37.3 Å². The van der Waals surface area contributed by atoms with Crippen molar-refractivity contribution in [2.45, 2.75) is 26.2 Å². The smallest absolute Gasteiger partial charge is 0.0250 e. The molecule has 1 saturated carbocycles. The SMILES string of the molecule is CC(Cc1ccccc1)C1CC1. The molecule has 1 aromatic rings. The predicted octanol–water partition coefficient (Wildman–Crippen LogP) is 3.28. The number of benzene rings is 1. The van der Waals surface area contributed by atoms with Crippen molar-refractivity contribution >= 4 is 0 Å². The third kappa shape index (κ3) is 1.88. The van der Waals surface area contributed by atoms with E-state index in [1.807, 2.05) is 0 Å². The van der Waals surface area contributed by atoms with Gasteiger partial charge in [-0.1, -0.05) is 37.3 Å². The molecule has 64 valence electrons. The Morgan fingerprint density at radius 3 is 2.50 bits per heavy atom. The first-order valence-electron chi connectivity index (χ1n) is 4.90. The minimum absolute atomic E-state index is 0.896. The van der Waals surface area contributed by atoms with Gasteiger partial charge in [-0.2, -0.15) is 0 Å². The normalized spacial score (nSPS) is 19.1. The minimum Gasteiger partial charge on any atom is -0.0622 e. The van der Waals surface area contributed by atoms with Gasteiger partial charge in [0.1, 0.15) is 0 Å². The Kier molecular flexibility index (Phi) is 2.16. The lowest BCUT2D eigenvalue weighted by atomic mass is 9.97. The molecule has 0 spiro atoms. The van der Waals surface area contributed by atoms with Crippen molar-refractivity contribution in [3.63, 3.8) is 0 Å². The van der Waals surface area contributed by atoms with E-state index in [1.54, 1.807) is 0 Å². The molecule has 0 aromatic heterocycles. The van der Waals surface area contributed by atoms with Crippen molar-refractivity contribution in [2.24, 2.45) is 11.8 Å². The molecule has 0 bridgehead atoms. The van der Waals surface area contributed by atoms with E-state index in [0.29, 0.717) is 0 Å². The molecule has 0 heterocycles.